The first-order valence-corrected chi connectivity index (χ1v) is 6.54. The van der Waals surface area contributed by atoms with E-state index in [1.807, 2.05) is 6.20 Å². The molecule has 0 aliphatic carbocycles. The fraction of sp³-hybridized carbons (Fsp3) is 0.643. The Labute approximate surface area is 110 Å². The van der Waals surface area contributed by atoms with Crippen LogP contribution in [0.25, 0.3) is 0 Å². The number of aromatic nitrogens is 1. The molecule has 1 aromatic rings. The summed E-state index contributed by atoms with van der Waals surface area (Å²) in [6.07, 6.45) is 4.60. The summed E-state index contributed by atoms with van der Waals surface area (Å²) in [5, 5.41) is 0. The molecule has 0 saturated heterocycles. The zero-order chi connectivity index (χ0) is 13.6. The zero-order valence-corrected chi connectivity index (χ0v) is 11.9. The Morgan fingerprint density at radius 1 is 1.44 bits per heavy atom. The van der Waals surface area contributed by atoms with Crippen LogP contribution in [0, 0.1) is 0 Å². The van der Waals surface area contributed by atoms with Crippen LogP contribution in [-0.2, 0) is 17.6 Å². The van der Waals surface area contributed by atoms with E-state index in [0.29, 0.717) is 0 Å². The molecule has 0 saturated carbocycles. The van der Waals surface area contributed by atoms with Gasteiger partial charge in [0.15, 0.2) is 0 Å². The largest absolute Gasteiger partial charge is 0.377 e. The second-order valence-corrected chi connectivity index (χ2v) is 4.81. The summed E-state index contributed by atoms with van der Waals surface area (Å²) in [7, 11) is 1.72. The van der Waals surface area contributed by atoms with E-state index in [2.05, 4.69) is 43.3 Å². The van der Waals surface area contributed by atoms with Crippen LogP contribution < -0.4 is 11.3 Å². The van der Waals surface area contributed by atoms with Crippen LogP contribution in [0.1, 0.15) is 38.4 Å². The van der Waals surface area contributed by atoms with Crippen molar-refractivity contribution in [1.82, 2.24) is 10.4 Å². The first-order valence-electron chi connectivity index (χ1n) is 6.54. The van der Waals surface area contributed by atoms with E-state index in [1.165, 1.54) is 5.56 Å². The van der Waals surface area contributed by atoms with Gasteiger partial charge in [0.2, 0.25) is 0 Å². The number of hydrogen-bond donors (Lipinski definition) is 2. The third kappa shape index (κ3) is 3.51. The van der Waals surface area contributed by atoms with Crippen LogP contribution in [0.4, 0.5) is 0 Å². The molecule has 3 N–H and O–H groups in total. The van der Waals surface area contributed by atoms with Crippen LogP contribution in [0.3, 0.4) is 0 Å². The molecule has 0 aliphatic rings. The van der Waals surface area contributed by atoms with E-state index in [4.69, 9.17) is 10.6 Å². The van der Waals surface area contributed by atoms with Gasteiger partial charge in [0, 0.05) is 25.4 Å². The summed E-state index contributed by atoms with van der Waals surface area (Å²) < 4.78 is 5.59. The highest BCUT2D eigenvalue weighted by Crippen LogP contribution is 2.21. The standard InChI is InChI=1S/C14H25N3O/c1-5-11-7-8-12(16-10-11)9-13(17-15)14(3,6-2)18-4/h7-8,10,13,17H,5-6,9,15H2,1-4H3. The predicted molar refractivity (Wildman–Crippen MR) is 74.1 cm³/mol. The molecule has 0 amide bonds. The van der Waals surface area contributed by atoms with Crippen molar-refractivity contribution in [3.05, 3.63) is 29.6 Å². The maximum atomic E-state index is 5.66. The van der Waals surface area contributed by atoms with Crippen molar-refractivity contribution in [2.24, 2.45) is 5.84 Å². The highest BCUT2D eigenvalue weighted by molar-refractivity contribution is 5.15. The summed E-state index contributed by atoms with van der Waals surface area (Å²) in [5.41, 5.74) is 4.86. The van der Waals surface area contributed by atoms with E-state index < -0.39 is 0 Å². The first kappa shape index (κ1) is 15.1. The Balaban J connectivity index is 2.78. The van der Waals surface area contributed by atoms with Crippen LogP contribution in [0.15, 0.2) is 18.3 Å². The molecular formula is C14H25N3O. The van der Waals surface area contributed by atoms with Crippen molar-refractivity contribution in [1.29, 1.82) is 0 Å². The molecule has 0 aliphatic heterocycles. The van der Waals surface area contributed by atoms with Gasteiger partial charge in [0.25, 0.3) is 0 Å². The molecule has 2 unspecified atom stereocenters. The number of aryl methyl sites for hydroxylation is 1. The van der Waals surface area contributed by atoms with Gasteiger partial charge >= 0.3 is 0 Å². The topological polar surface area (TPSA) is 60.2 Å². The van der Waals surface area contributed by atoms with Gasteiger partial charge < -0.3 is 4.74 Å². The molecule has 18 heavy (non-hydrogen) atoms. The number of hydrogen-bond acceptors (Lipinski definition) is 4. The van der Waals surface area contributed by atoms with Gasteiger partial charge in [-0.05, 0) is 31.4 Å². The van der Waals surface area contributed by atoms with Gasteiger partial charge in [-0.1, -0.05) is 19.9 Å². The van der Waals surface area contributed by atoms with E-state index in [9.17, 15) is 0 Å². The van der Waals surface area contributed by atoms with E-state index >= 15 is 0 Å². The lowest BCUT2D eigenvalue weighted by Gasteiger charge is -2.35. The number of ether oxygens (including phenoxy) is 1. The molecule has 4 nitrogen and oxygen atoms in total. The number of nitrogens with zero attached hydrogens (tertiary/aromatic N) is 1. The molecule has 4 heteroatoms. The Kier molecular flexibility index (Phi) is 5.72. The number of pyridine rings is 1. The summed E-state index contributed by atoms with van der Waals surface area (Å²) >= 11 is 0. The molecule has 0 bridgehead atoms. The molecule has 0 aromatic carbocycles. The van der Waals surface area contributed by atoms with Crippen LogP contribution in [-0.4, -0.2) is 23.7 Å². The lowest BCUT2D eigenvalue weighted by molar-refractivity contribution is -0.0290. The van der Waals surface area contributed by atoms with Crippen LogP contribution in [0.5, 0.6) is 0 Å². The quantitative estimate of drug-likeness (QED) is 0.573. The zero-order valence-electron chi connectivity index (χ0n) is 11.9. The van der Waals surface area contributed by atoms with E-state index in [-0.39, 0.29) is 11.6 Å². The second kappa shape index (κ2) is 6.83. The highest BCUT2D eigenvalue weighted by atomic mass is 16.5. The van der Waals surface area contributed by atoms with Crippen molar-refractivity contribution in [3.63, 3.8) is 0 Å². The smallest absolute Gasteiger partial charge is 0.0817 e. The lowest BCUT2D eigenvalue weighted by Crippen LogP contribution is -2.53. The highest BCUT2D eigenvalue weighted by Gasteiger charge is 2.32. The third-order valence-electron chi connectivity index (χ3n) is 3.81. The predicted octanol–water partition coefficient (Wildman–Crippen LogP) is 1.83. The molecule has 1 heterocycles. The van der Waals surface area contributed by atoms with Crippen molar-refractivity contribution >= 4 is 0 Å². The van der Waals surface area contributed by atoms with Crippen molar-refractivity contribution in [2.45, 2.75) is 51.7 Å². The molecule has 1 aromatic heterocycles. The second-order valence-electron chi connectivity index (χ2n) is 4.81. The summed E-state index contributed by atoms with van der Waals surface area (Å²) in [5.74, 6) is 5.66. The van der Waals surface area contributed by atoms with Gasteiger partial charge in [0.1, 0.15) is 0 Å². The Bertz CT molecular complexity index is 347. The molecule has 2 atom stereocenters. The first-order chi connectivity index (χ1) is 8.59. The minimum Gasteiger partial charge on any atom is -0.377 e. The number of rotatable bonds is 7. The monoisotopic (exact) mass is 251 g/mol. The number of methoxy groups -OCH3 is 1. The van der Waals surface area contributed by atoms with E-state index in [1.54, 1.807) is 7.11 Å². The number of hydrazine groups is 1. The number of nitrogens with one attached hydrogen (secondary N) is 1. The molecule has 0 radical (unpaired) electrons. The minimum atomic E-state index is -0.278. The summed E-state index contributed by atoms with van der Waals surface area (Å²) in [6.45, 7) is 6.29. The lowest BCUT2D eigenvalue weighted by atomic mass is 9.90. The van der Waals surface area contributed by atoms with Crippen LogP contribution >= 0.6 is 0 Å². The van der Waals surface area contributed by atoms with Gasteiger partial charge in [-0.15, -0.1) is 0 Å². The Morgan fingerprint density at radius 3 is 2.56 bits per heavy atom. The number of nitrogens with two attached hydrogens (primary N) is 1. The van der Waals surface area contributed by atoms with Crippen molar-refractivity contribution in [3.8, 4) is 0 Å². The fourth-order valence-corrected chi connectivity index (χ4v) is 1.98. The molecule has 0 spiro atoms. The molecule has 1 rings (SSSR count). The average Bonchev–Trinajstić information content (AvgIpc) is 2.44. The summed E-state index contributed by atoms with van der Waals surface area (Å²) in [4.78, 5) is 4.47. The SMILES string of the molecule is CCc1ccc(CC(NN)C(C)(CC)OC)nc1. The van der Waals surface area contributed by atoms with Gasteiger partial charge in [-0.3, -0.25) is 16.3 Å². The molecule has 0 fully saturated rings. The summed E-state index contributed by atoms with van der Waals surface area (Å²) in [6, 6.07) is 4.23. The Hall–Kier alpha value is -0.970. The molecular weight excluding hydrogens is 226 g/mol. The van der Waals surface area contributed by atoms with Gasteiger partial charge in [-0.25, -0.2) is 0 Å². The fourth-order valence-electron chi connectivity index (χ4n) is 1.98. The normalized spacial score (nSPS) is 16.3. The maximum absolute atomic E-state index is 5.66. The Morgan fingerprint density at radius 2 is 2.17 bits per heavy atom. The van der Waals surface area contributed by atoms with Crippen molar-refractivity contribution in [2.75, 3.05) is 7.11 Å². The van der Waals surface area contributed by atoms with Gasteiger partial charge in [0.05, 0.1) is 11.6 Å². The third-order valence-corrected chi connectivity index (χ3v) is 3.81. The van der Waals surface area contributed by atoms with Crippen molar-refractivity contribution < 1.29 is 4.74 Å². The molecule has 102 valence electrons. The van der Waals surface area contributed by atoms with Crippen LogP contribution in [0.2, 0.25) is 0 Å². The maximum Gasteiger partial charge on any atom is 0.0817 e. The average molecular weight is 251 g/mol. The van der Waals surface area contributed by atoms with E-state index in [0.717, 1.165) is 25.0 Å². The minimum absolute atomic E-state index is 0.0486. The van der Waals surface area contributed by atoms with Gasteiger partial charge in [-0.2, -0.15) is 0 Å².